The van der Waals surface area contributed by atoms with Crippen molar-refractivity contribution < 1.29 is 17.9 Å². The van der Waals surface area contributed by atoms with E-state index in [0.717, 1.165) is 5.56 Å². The van der Waals surface area contributed by atoms with E-state index in [4.69, 9.17) is 4.74 Å². The first-order valence-electron chi connectivity index (χ1n) is 11.0. The number of para-hydroxylation sites is 1. The van der Waals surface area contributed by atoms with Crippen LogP contribution in [0.25, 0.3) is 0 Å². The van der Waals surface area contributed by atoms with E-state index in [9.17, 15) is 13.2 Å². The van der Waals surface area contributed by atoms with Crippen LogP contribution in [0.4, 0.5) is 5.69 Å². The molecule has 0 saturated carbocycles. The molecule has 172 valence electrons. The van der Waals surface area contributed by atoms with Gasteiger partial charge in [0.2, 0.25) is 0 Å². The fraction of sp³-hybridized carbons (Fsp3) is 0.269. The lowest BCUT2D eigenvalue weighted by atomic mass is 10.1. The second-order valence-corrected chi connectivity index (χ2v) is 10.2. The maximum Gasteiger partial charge on any atom is 0.264 e. The van der Waals surface area contributed by atoms with E-state index < -0.39 is 10.0 Å². The number of carbonyl (C=O) groups excluding carboxylic acids is 1. The highest BCUT2D eigenvalue weighted by Crippen LogP contribution is 2.27. The molecule has 3 aromatic rings. The van der Waals surface area contributed by atoms with Gasteiger partial charge in [-0.2, -0.15) is 0 Å². The van der Waals surface area contributed by atoms with Crippen molar-refractivity contribution in [1.82, 2.24) is 4.90 Å². The predicted molar refractivity (Wildman–Crippen MR) is 129 cm³/mol. The molecule has 0 spiro atoms. The zero-order valence-corrected chi connectivity index (χ0v) is 19.6. The van der Waals surface area contributed by atoms with Crippen molar-refractivity contribution in [2.24, 2.45) is 0 Å². The molecule has 1 heterocycles. The summed E-state index contributed by atoms with van der Waals surface area (Å²) in [6.45, 7) is 4.99. The number of rotatable bonds is 6. The number of benzene rings is 3. The quantitative estimate of drug-likeness (QED) is 0.545. The van der Waals surface area contributed by atoms with Crippen LogP contribution in [0.15, 0.2) is 89.8 Å². The Hall–Kier alpha value is -3.16. The van der Waals surface area contributed by atoms with Crippen LogP contribution in [0.3, 0.4) is 0 Å². The van der Waals surface area contributed by atoms with Gasteiger partial charge < -0.3 is 9.64 Å². The van der Waals surface area contributed by atoms with Crippen LogP contribution >= 0.6 is 0 Å². The summed E-state index contributed by atoms with van der Waals surface area (Å²) in [5.41, 5.74) is 1.78. The number of hydrogen-bond donors (Lipinski definition) is 0. The van der Waals surface area contributed by atoms with Gasteiger partial charge in [-0.3, -0.25) is 9.10 Å². The number of anilines is 1. The van der Waals surface area contributed by atoms with Crippen molar-refractivity contribution in [3.05, 3.63) is 96.1 Å². The third-order valence-corrected chi connectivity index (χ3v) is 7.36. The molecule has 0 aliphatic carbocycles. The van der Waals surface area contributed by atoms with Crippen molar-refractivity contribution in [1.29, 1.82) is 0 Å². The van der Waals surface area contributed by atoms with Gasteiger partial charge in [0.15, 0.2) is 0 Å². The fourth-order valence-corrected chi connectivity index (χ4v) is 5.60. The van der Waals surface area contributed by atoms with E-state index in [2.05, 4.69) is 0 Å². The molecule has 4 rings (SSSR count). The predicted octanol–water partition coefficient (Wildman–Crippen LogP) is 4.33. The summed E-state index contributed by atoms with van der Waals surface area (Å²) in [7, 11) is -3.92. The third kappa shape index (κ3) is 5.26. The van der Waals surface area contributed by atoms with Gasteiger partial charge in [0.05, 0.1) is 29.3 Å². The van der Waals surface area contributed by atoms with E-state index >= 15 is 0 Å². The van der Waals surface area contributed by atoms with Crippen molar-refractivity contribution in [3.8, 4) is 0 Å². The Kier molecular flexibility index (Phi) is 6.81. The Morgan fingerprint density at radius 3 is 2.15 bits per heavy atom. The van der Waals surface area contributed by atoms with Gasteiger partial charge >= 0.3 is 0 Å². The Morgan fingerprint density at radius 2 is 1.52 bits per heavy atom. The van der Waals surface area contributed by atoms with Gasteiger partial charge in [-0.1, -0.05) is 54.6 Å². The summed E-state index contributed by atoms with van der Waals surface area (Å²) in [6.07, 6.45) is -0.131. The number of hydrogen-bond acceptors (Lipinski definition) is 4. The van der Waals surface area contributed by atoms with E-state index in [1.165, 1.54) is 16.4 Å². The molecule has 2 unspecified atom stereocenters. The molecule has 1 aliphatic heterocycles. The van der Waals surface area contributed by atoms with Crippen LogP contribution in [0.5, 0.6) is 0 Å². The minimum atomic E-state index is -3.92. The van der Waals surface area contributed by atoms with Crippen LogP contribution in [-0.2, 0) is 21.3 Å². The highest BCUT2D eigenvalue weighted by molar-refractivity contribution is 7.92. The average molecular weight is 465 g/mol. The third-order valence-electron chi connectivity index (χ3n) is 5.59. The lowest BCUT2D eigenvalue weighted by molar-refractivity contribution is -0.0586. The number of ether oxygens (including phenoxy) is 1. The number of amides is 1. The molecule has 7 heteroatoms. The average Bonchev–Trinajstić information content (AvgIpc) is 2.82. The van der Waals surface area contributed by atoms with E-state index in [1.807, 2.05) is 62.4 Å². The first kappa shape index (κ1) is 23.0. The van der Waals surface area contributed by atoms with Gasteiger partial charge in [-0.15, -0.1) is 0 Å². The van der Waals surface area contributed by atoms with Crippen LogP contribution < -0.4 is 4.31 Å². The van der Waals surface area contributed by atoms with Gasteiger partial charge in [0.25, 0.3) is 15.9 Å². The summed E-state index contributed by atoms with van der Waals surface area (Å²) in [6, 6.07) is 24.8. The summed E-state index contributed by atoms with van der Waals surface area (Å²) in [5, 5.41) is 0. The van der Waals surface area contributed by atoms with Crippen molar-refractivity contribution in [3.63, 3.8) is 0 Å². The fourth-order valence-electron chi connectivity index (χ4n) is 4.10. The zero-order chi connectivity index (χ0) is 23.4. The molecule has 1 amide bonds. The van der Waals surface area contributed by atoms with E-state index in [-0.39, 0.29) is 29.6 Å². The van der Waals surface area contributed by atoms with Gasteiger partial charge in [-0.25, -0.2) is 8.42 Å². The molecule has 3 aromatic carbocycles. The summed E-state index contributed by atoms with van der Waals surface area (Å²) < 4.78 is 34.6. The highest BCUT2D eigenvalue weighted by Gasteiger charge is 2.29. The standard InChI is InChI=1S/C26H28N2O4S/c1-20-17-27(18-21(2)32-20)26(29)23-12-9-15-25(16-23)33(30,31)28(24-13-7-4-8-14-24)19-22-10-5-3-6-11-22/h3-16,20-21H,17-19H2,1-2H3. The summed E-state index contributed by atoms with van der Waals surface area (Å²) in [4.78, 5) is 15.0. The van der Waals surface area contributed by atoms with Gasteiger partial charge in [0, 0.05) is 18.7 Å². The Balaban J connectivity index is 1.68. The molecular weight excluding hydrogens is 436 g/mol. The second kappa shape index (κ2) is 9.77. The zero-order valence-electron chi connectivity index (χ0n) is 18.8. The minimum absolute atomic E-state index is 0.0657. The molecule has 0 radical (unpaired) electrons. The van der Waals surface area contributed by atoms with Gasteiger partial charge in [0.1, 0.15) is 0 Å². The molecule has 2 atom stereocenters. The van der Waals surface area contributed by atoms with Crippen molar-refractivity contribution in [2.45, 2.75) is 37.5 Å². The molecule has 6 nitrogen and oxygen atoms in total. The maximum atomic E-state index is 13.8. The smallest absolute Gasteiger partial charge is 0.264 e. The Labute approximate surface area is 195 Å². The Bertz CT molecular complexity index is 1190. The first-order valence-corrected chi connectivity index (χ1v) is 12.4. The monoisotopic (exact) mass is 464 g/mol. The van der Waals surface area contributed by atoms with Crippen LogP contribution in [0, 0.1) is 0 Å². The van der Waals surface area contributed by atoms with E-state index in [1.54, 1.807) is 29.2 Å². The normalized spacial score (nSPS) is 18.7. The Morgan fingerprint density at radius 1 is 0.909 bits per heavy atom. The lowest BCUT2D eigenvalue weighted by Gasteiger charge is -2.35. The second-order valence-electron chi connectivity index (χ2n) is 8.33. The van der Waals surface area contributed by atoms with Crippen molar-refractivity contribution in [2.75, 3.05) is 17.4 Å². The highest BCUT2D eigenvalue weighted by atomic mass is 32.2. The van der Waals surface area contributed by atoms with Crippen LogP contribution in [0.2, 0.25) is 0 Å². The molecule has 33 heavy (non-hydrogen) atoms. The number of nitrogens with zero attached hydrogens (tertiary/aromatic N) is 2. The minimum Gasteiger partial charge on any atom is -0.372 e. The maximum absolute atomic E-state index is 13.8. The number of sulfonamides is 1. The molecular formula is C26H28N2O4S. The number of morpholine rings is 1. The molecule has 1 saturated heterocycles. The molecule has 0 bridgehead atoms. The SMILES string of the molecule is CC1CN(C(=O)c2cccc(S(=O)(=O)N(Cc3ccccc3)c3ccccc3)c2)CC(C)O1. The molecule has 0 aromatic heterocycles. The molecule has 1 aliphatic rings. The summed E-state index contributed by atoms with van der Waals surface area (Å²) in [5.74, 6) is -0.191. The topological polar surface area (TPSA) is 66.9 Å². The van der Waals surface area contributed by atoms with E-state index in [0.29, 0.717) is 24.3 Å². The van der Waals surface area contributed by atoms with Crippen LogP contribution in [-0.4, -0.2) is 44.5 Å². The lowest BCUT2D eigenvalue weighted by Crippen LogP contribution is -2.48. The first-order chi connectivity index (χ1) is 15.8. The summed E-state index contributed by atoms with van der Waals surface area (Å²) >= 11 is 0. The largest absolute Gasteiger partial charge is 0.372 e. The van der Waals surface area contributed by atoms with Gasteiger partial charge in [-0.05, 0) is 49.7 Å². The van der Waals surface area contributed by atoms with Crippen molar-refractivity contribution >= 4 is 21.6 Å². The molecule has 0 N–H and O–H groups in total. The van der Waals surface area contributed by atoms with Crippen LogP contribution in [0.1, 0.15) is 29.8 Å². The molecule has 1 fully saturated rings. The number of carbonyl (C=O) groups is 1.